The van der Waals surface area contributed by atoms with Crippen LogP contribution in [0.2, 0.25) is 0 Å². The van der Waals surface area contributed by atoms with Crippen LogP contribution in [0.1, 0.15) is 25.0 Å². The van der Waals surface area contributed by atoms with Gasteiger partial charge in [0.2, 0.25) is 0 Å². The third-order valence-electron chi connectivity index (χ3n) is 4.90. The molecule has 2 aromatic carbocycles. The monoisotopic (exact) mass is 367 g/mol. The van der Waals surface area contributed by atoms with Crippen LogP contribution in [0.25, 0.3) is 33.3 Å². The Bertz CT molecular complexity index is 1110. The molecule has 0 aliphatic rings. The van der Waals surface area contributed by atoms with Gasteiger partial charge in [-0.1, -0.05) is 42.0 Å². The van der Waals surface area contributed by atoms with E-state index in [0.29, 0.717) is 6.04 Å². The SMILES string of the molecule is Cc1ccc(-c2ccc(-c3ccc4nc(NC(C)C)cc(C)c4c3)nc2)cc1. The number of anilines is 1. The molecular formula is C25H25N3. The highest BCUT2D eigenvalue weighted by Crippen LogP contribution is 2.28. The number of nitrogens with one attached hydrogen (secondary N) is 1. The molecule has 140 valence electrons. The van der Waals surface area contributed by atoms with Crippen molar-refractivity contribution in [1.29, 1.82) is 0 Å². The molecule has 0 fully saturated rings. The first kappa shape index (κ1) is 18.2. The summed E-state index contributed by atoms with van der Waals surface area (Å²) in [5.41, 5.74) is 7.88. The van der Waals surface area contributed by atoms with E-state index in [9.17, 15) is 0 Å². The molecule has 0 bridgehead atoms. The number of nitrogens with zero attached hydrogens (tertiary/aromatic N) is 2. The van der Waals surface area contributed by atoms with Crippen molar-refractivity contribution < 1.29 is 0 Å². The van der Waals surface area contributed by atoms with Crippen LogP contribution in [0.3, 0.4) is 0 Å². The number of hydrogen-bond acceptors (Lipinski definition) is 3. The Morgan fingerprint density at radius 2 is 1.50 bits per heavy atom. The van der Waals surface area contributed by atoms with Crippen LogP contribution in [0.15, 0.2) is 66.9 Å². The molecule has 3 nitrogen and oxygen atoms in total. The standard InChI is InChI=1S/C25H25N3/c1-16(2)27-25-13-18(4)22-14-20(9-12-24(22)28-25)23-11-10-21(15-26-23)19-7-5-17(3)6-8-19/h5-16H,1-4H3,(H,27,28). The Morgan fingerprint density at radius 3 is 2.18 bits per heavy atom. The van der Waals surface area contributed by atoms with E-state index < -0.39 is 0 Å². The van der Waals surface area contributed by atoms with Crippen LogP contribution >= 0.6 is 0 Å². The Kier molecular flexibility index (Phi) is 4.82. The van der Waals surface area contributed by atoms with Crippen LogP contribution in [-0.2, 0) is 0 Å². The summed E-state index contributed by atoms with van der Waals surface area (Å²) in [6, 6.07) is 21.6. The van der Waals surface area contributed by atoms with Gasteiger partial charge in [-0.2, -0.15) is 0 Å². The second-order valence-corrected chi connectivity index (χ2v) is 7.65. The number of aryl methyl sites for hydroxylation is 2. The molecule has 0 atom stereocenters. The number of hydrogen-bond donors (Lipinski definition) is 1. The van der Waals surface area contributed by atoms with Gasteiger partial charge >= 0.3 is 0 Å². The number of benzene rings is 2. The third-order valence-corrected chi connectivity index (χ3v) is 4.90. The fourth-order valence-electron chi connectivity index (χ4n) is 3.40. The fraction of sp³-hybridized carbons (Fsp3) is 0.200. The molecule has 3 heteroatoms. The highest BCUT2D eigenvalue weighted by Gasteiger charge is 2.07. The molecule has 0 radical (unpaired) electrons. The molecule has 0 aliphatic heterocycles. The minimum Gasteiger partial charge on any atom is -0.368 e. The molecule has 28 heavy (non-hydrogen) atoms. The summed E-state index contributed by atoms with van der Waals surface area (Å²) < 4.78 is 0. The van der Waals surface area contributed by atoms with Crippen molar-refractivity contribution in [2.45, 2.75) is 33.7 Å². The van der Waals surface area contributed by atoms with Crippen LogP contribution in [-0.4, -0.2) is 16.0 Å². The number of aromatic nitrogens is 2. The molecule has 4 aromatic rings. The lowest BCUT2D eigenvalue weighted by Gasteiger charge is -2.12. The van der Waals surface area contributed by atoms with Crippen molar-refractivity contribution >= 4 is 16.7 Å². The zero-order valence-corrected chi connectivity index (χ0v) is 16.8. The lowest BCUT2D eigenvalue weighted by molar-refractivity contribution is 0.891. The van der Waals surface area contributed by atoms with Crippen LogP contribution in [0.4, 0.5) is 5.82 Å². The molecule has 0 spiro atoms. The maximum absolute atomic E-state index is 4.74. The molecule has 2 aromatic heterocycles. The summed E-state index contributed by atoms with van der Waals surface area (Å²) in [6.07, 6.45) is 1.95. The van der Waals surface area contributed by atoms with Gasteiger partial charge in [-0.3, -0.25) is 4.98 Å². The number of rotatable bonds is 4. The minimum atomic E-state index is 0.361. The molecule has 0 saturated heterocycles. The van der Waals surface area contributed by atoms with Gasteiger partial charge in [0, 0.05) is 28.8 Å². The van der Waals surface area contributed by atoms with Gasteiger partial charge < -0.3 is 5.32 Å². The maximum Gasteiger partial charge on any atom is 0.127 e. The van der Waals surface area contributed by atoms with Crippen LogP contribution in [0, 0.1) is 13.8 Å². The molecule has 0 unspecified atom stereocenters. The summed E-state index contributed by atoms with van der Waals surface area (Å²) in [5, 5.41) is 4.55. The van der Waals surface area contributed by atoms with Crippen molar-refractivity contribution in [3.63, 3.8) is 0 Å². The predicted octanol–water partition coefficient (Wildman–Crippen LogP) is 6.40. The van der Waals surface area contributed by atoms with Crippen LogP contribution in [0.5, 0.6) is 0 Å². The van der Waals surface area contributed by atoms with E-state index >= 15 is 0 Å². The van der Waals surface area contributed by atoms with E-state index in [1.165, 1.54) is 16.7 Å². The Hall–Kier alpha value is -3.20. The van der Waals surface area contributed by atoms with Crippen molar-refractivity contribution in [3.8, 4) is 22.4 Å². The summed E-state index contributed by atoms with van der Waals surface area (Å²) in [6.45, 7) is 8.48. The van der Waals surface area contributed by atoms with Gasteiger partial charge in [0.05, 0.1) is 11.2 Å². The first-order valence-corrected chi connectivity index (χ1v) is 9.71. The highest BCUT2D eigenvalue weighted by molar-refractivity contribution is 5.88. The first-order valence-electron chi connectivity index (χ1n) is 9.71. The maximum atomic E-state index is 4.74. The van der Waals surface area contributed by atoms with Crippen molar-refractivity contribution in [1.82, 2.24) is 9.97 Å². The minimum absolute atomic E-state index is 0.361. The van der Waals surface area contributed by atoms with E-state index in [-0.39, 0.29) is 0 Å². The highest BCUT2D eigenvalue weighted by atomic mass is 15.0. The number of pyridine rings is 2. The fourth-order valence-corrected chi connectivity index (χ4v) is 3.40. The molecule has 0 saturated carbocycles. The smallest absolute Gasteiger partial charge is 0.127 e. The van der Waals surface area contributed by atoms with Gasteiger partial charge in [0.25, 0.3) is 0 Å². The summed E-state index contributed by atoms with van der Waals surface area (Å²) >= 11 is 0. The van der Waals surface area contributed by atoms with E-state index in [1.807, 2.05) is 6.20 Å². The Morgan fingerprint density at radius 1 is 0.786 bits per heavy atom. The van der Waals surface area contributed by atoms with Gasteiger partial charge in [-0.05, 0) is 63.1 Å². The van der Waals surface area contributed by atoms with E-state index in [4.69, 9.17) is 9.97 Å². The number of fused-ring (bicyclic) bond motifs is 1. The molecule has 2 heterocycles. The van der Waals surface area contributed by atoms with E-state index in [1.54, 1.807) is 0 Å². The molecule has 0 amide bonds. The van der Waals surface area contributed by atoms with Gasteiger partial charge in [0.15, 0.2) is 0 Å². The van der Waals surface area contributed by atoms with Crippen molar-refractivity contribution in [2.24, 2.45) is 0 Å². The van der Waals surface area contributed by atoms with Crippen LogP contribution < -0.4 is 5.32 Å². The predicted molar refractivity (Wildman–Crippen MR) is 119 cm³/mol. The molecule has 0 aliphatic carbocycles. The van der Waals surface area contributed by atoms with Gasteiger partial charge in [-0.15, -0.1) is 0 Å². The second-order valence-electron chi connectivity index (χ2n) is 7.65. The molecule has 4 rings (SSSR count). The molecule has 1 N–H and O–H groups in total. The average Bonchev–Trinajstić information content (AvgIpc) is 2.68. The normalized spacial score (nSPS) is 11.2. The quantitative estimate of drug-likeness (QED) is 0.453. The van der Waals surface area contributed by atoms with Gasteiger partial charge in [0.1, 0.15) is 5.82 Å². The molecular weight excluding hydrogens is 342 g/mol. The van der Waals surface area contributed by atoms with Crippen molar-refractivity contribution in [3.05, 3.63) is 78.0 Å². The summed E-state index contributed by atoms with van der Waals surface area (Å²) in [7, 11) is 0. The second kappa shape index (κ2) is 7.43. The lowest BCUT2D eigenvalue weighted by atomic mass is 10.0. The zero-order valence-electron chi connectivity index (χ0n) is 16.8. The summed E-state index contributed by atoms with van der Waals surface area (Å²) in [4.78, 5) is 9.45. The largest absolute Gasteiger partial charge is 0.368 e. The van der Waals surface area contributed by atoms with E-state index in [2.05, 4.69) is 93.7 Å². The Balaban J connectivity index is 1.67. The van der Waals surface area contributed by atoms with E-state index in [0.717, 1.165) is 33.5 Å². The lowest BCUT2D eigenvalue weighted by Crippen LogP contribution is -2.11. The van der Waals surface area contributed by atoms with Gasteiger partial charge in [-0.25, -0.2) is 4.98 Å². The third kappa shape index (κ3) is 3.74. The summed E-state index contributed by atoms with van der Waals surface area (Å²) in [5.74, 6) is 0.924. The average molecular weight is 367 g/mol. The zero-order chi connectivity index (χ0) is 19.7. The first-order chi connectivity index (χ1) is 13.5. The Labute approximate surface area is 166 Å². The topological polar surface area (TPSA) is 37.8 Å². The van der Waals surface area contributed by atoms with Crippen molar-refractivity contribution in [2.75, 3.05) is 5.32 Å².